The Labute approximate surface area is 123 Å². The predicted octanol–water partition coefficient (Wildman–Crippen LogP) is 2.71. The fraction of sp³-hybridized carbons (Fsp3) is 0.200. The van der Waals surface area contributed by atoms with Crippen molar-refractivity contribution in [1.82, 2.24) is 14.4 Å². The van der Waals surface area contributed by atoms with Crippen LogP contribution >= 0.6 is 0 Å². The lowest BCUT2D eigenvalue weighted by molar-refractivity contribution is 0.923. The molecule has 3 aromatic rings. The Balaban J connectivity index is 2.03. The van der Waals surface area contributed by atoms with Crippen LogP contribution in [0.4, 0.5) is 17.3 Å². The fourth-order valence-electron chi connectivity index (χ4n) is 2.34. The Morgan fingerprint density at radius 1 is 1.29 bits per heavy atom. The molecule has 21 heavy (non-hydrogen) atoms. The molecule has 0 radical (unpaired) electrons. The SMILES string of the molecule is CCCc1ccccc1Nc1nc(NN)cn2ccnc12. The Morgan fingerprint density at radius 3 is 2.95 bits per heavy atom. The maximum absolute atomic E-state index is 5.48. The summed E-state index contributed by atoms with van der Waals surface area (Å²) in [5.41, 5.74) is 5.65. The van der Waals surface area contributed by atoms with Crippen molar-refractivity contribution in [3.8, 4) is 0 Å². The van der Waals surface area contributed by atoms with Gasteiger partial charge in [-0.2, -0.15) is 0 Å². The summed E-state index contributed by atoms with van der Waals surface area (Å²) in [5.74, 6) is 6.73. The molecule has 3 rings (SSSR count). The highest BCUT2D eigenvalue weighted by Crippen LogP contribution is 2.24. The van der Waals surface area contributed by atoms with E-state index in [1.54, 1.807) is 12.4 Å². The van der Waals surface area contributed by atoms with Crippen LogP contribution in [-0.2, 0) is 6.42 Å². The molecule has 108 valence electrons. The number of aromatic nitrogens is 3. The minimum Gasteiger partial charge on any atom is -0.337 e. The van der Waals surface area contributed by atoms with Gasteiger partial charge in [-0.3, -0.25) is 0 Å². The fourth-order valence-corrected chi connectivity index (χ4v) is 2.34. The molecule has 1 aromatic carbocycles. The van der Waals surface area contributed by atoms with E-state index in [9.17, 15) is 0 Å². The lowest BCUT2D eigenvalue weighted by atomic mass is 10.1. The zero-order chi connectivity index (χ0) is 14.7. The number of nitrogens with two attached hydrogens (primary N) is 1. The Bertz CT molecular complexity index is 749. The van der Waals surface area contributed by atoms with Crippen LogP contribution in [0.25, 0.3) is 5.65 Å². The monoisotopic (exact) mass is 282 g/mol. The Hall–Kier alpha value is -2.60. The zero-order valence-electron chi connectivity index (χ0n) is 11.9. The van der Waals surface area contributed by atoms with Gasteiger partial charge < -0.3 is 15.1 Å². The van der Waals surface area contributed by atoms with Gasteiger partial charge in [-0.05, 0) is 18.1 Å². The van der Waals surface area contributed by atoms with Crippen molar-refractivity contribution in [2.75, 3.05) is 10.7 Å². The molecule has 0 saturated carbocycles. The van der Waals surface area contributed by atoms with Crippen LogP contribution in [0.5, 0.6) is 0 Å². The Kier molecular flexibility index (Phi) is 3.70. The van der Waals surface area contributed by atoms with E-state index in [0.29, 0.717) is 11.6 Å². The van der Waals surface area contributed by atoms with Crippen molar-refractivity contribution in [2.24, 2.45) is 5.84 Å². The number of para-hydroxylation sites is 1. The number of rotatable bonds is 5. The third-order valence-corrected chi connectivity index (χ3v) is 3.31. The molecule has 6 heteroatoms. The van der Waals surface area contributed by atoms with E-state index in [0.717, 1.165) is 24.2 Å². The number of nitrogen functional groups attached to an aromatic ring is 1. The minimum atomic E-state index is 0.580. The molecule has 0 saturated heterocycles. The molecular formula is C15H18N6. The lowest BCUT2D eigenvalue weighted by Crippen LogP contribution is -2.11. The number of anilines is 3. The number of hydrazine groups is 1. The summed E-state index contributed by atoms with van der Waals surface area (Å²) in [6.45, 7) is 2.17. The number of hydrogen-bond donors (Lipinski definition) is 3. The van der Waals surface area contributed by atoms with Gasteiger partial charge in [0.25, 0.3) is 0 Å². The largest absolute Gasteiger partial charge is 0.337 e. The number of imidazole rings is 1. The third-order valence-electron chi connectivity index (χ3n) is 3.31. The van der Waals surface area contributed by atoms with E-state index in [2.05, 4.69) is 39.8 Å². The molecule has 0 spiro atoms. The number of benzene rings is 1. The molecule has 4 N–H and O–H groups in total. The second kappa shape index (κ2) is 5.80. The molecule has 2 heterocycles. The van der Waals surface area contributed by atoms with Crippen LogP contribution in [0.3, 0.4) is 0 Å². The molecule has 0 aliphatic carbocycles. The van der Waals surface area contributed by atoms with E-state index in [-0.39, 0.29) is 0 Å². The quantitative estimate of drug-likeness (QED) is 0.495. The van der Waals surface area contributed by atoms with E-state index in [1.807, 2.05) is 22.7 Å². The highest BCUT2D eigenvalue weighted by atomic mass is 15.3. The summed E-state index contributed by atoms with van der Waals surface area (Å²) in [4.78, 5) is 8.79. The van der Waals surface area contributed by atoms with Crippen LogP contribution in [0.1, 0.15) is 18.9 Å². The first-order chi connectivity index (χ1) is 10.3. The van der Waals surface area contributed by atoms with Crippen molar-refractivity contribution in [1.29, 1.82) is 0 Å². The molecule has 0 amide bonds. The molecule has 0 fully saturated rings. The number of aryl methyl sites for hydroxylation is 1. The molecule has 0 bridgehead atoms. The summed E-state index contributed by atoms with van der Waals surface area (Å²) in [7, 11) is 0. The van der Waals surface area contributed by atoms with Crippen LogP contribution in [0.15, 0.2) is 42.9 Å². The predicted molar refractivity (Wildman–Crippen MR) is 84.5 cm³/mol. The summed E-state index contributed by atoms with van der Waals surface area (Å²) in [6, 6.07) is 8.23. The molecule has 0 aliphatic rings. The van der Waals surface area contributed by atoms with Gasteiger partial charge in [-0.1, -0.05) is 31.5 Å². The number of nitrogens with zero attached hydrogens (tertiary/aromatic N) is 3. The van der Waals surface area contributed by atoms with Crippen molar-refractivity contribution >= 4 is 23.0 Å². The van der Waals surface area contributed by atoms with Gasteiger partial charge in [-0.15, -0.1) is 0 Å². The second-order valence-corrected chi connectivity index (χ2v) is 4.81. The summed E-state index contributed by atoms with van der Waals surface area (Å²) in [6.07, 6.45) is 7.50. The van der Waals surface area contributed by atoms with Gasteiger partial charge in [0.15, 0.2) is 17.3 Å². The minimum absolute atomic E-state index is 0.580. The Morgan fingerprint density at radius 2 is 2.14 bits per heavy atom. The molecule has 2 aromatic heterocycles. The van der Waals surface area contributed by atoms with E-state index < -0.39 is 0 Å². The van der Waals surface area contributed by atoms with Gasteiger partial charge in [-0.25, -0.2) is 15.8 Å². The van der Waals surface area contributed by atoms with Crippen LogP contribution in [-0.4, -0.2) is 14.4 Å². The van der Waals surface area contributed by atoms with E-state index in [1.165, 1.54) is 5.56 Å². The summed E-state index contributed by atoms with van der Waals surface area (Å²) in [5, 5.41) is 3.37. The van der Waals surface area contributed by atoms with Gasteiger partial charge >= 0.3 is 0 Å². The van der Waals surface area contributed by atoms with E-state index in [4.69, 9.17) is 5.84 Å². The first kappa shape index (κ1) is 13.4. The van der Waals surface area contributed by atoms with E-state index >= 15 is 0 Å². The summed E-state index contributed by atoms with van der Waals surface area (Å²) >= 11 is 0. The van der Waals surface area contributed by atoms with Crippen LogP contribution < -0.4 is 16.6 Å². The highest BCUT2D eigenvalue weighted by Gasteiger charge is 2.09. The lowest BCUT2D eigenvalue weighted by Gasteiger charge is -2.12. The summed E-state index contributed by atoms with van der Waals surface area (Å²) < 4.78 is 1.88. The maximum Gasteiger partial charge on any atom is 0.180 e. The van der Waals surface area contributed by atoms with Gasteiger partial charge in [0.2, 0.25) is 0 Å². The third kappa shape index (κ3) is 2.66. The van der Waals surface area contributed by atoms with Crippen LogP contribution in [0, 0.1) is 0 Å². The molecule has 0 unspecified atom stereocenters. The first-order valence-corrected chi connectivity index (χ1v) is 6.97. The second-order valence-electron chi connectivity index (χ2n) is 4.81. The normalized spacial score (nSPS) is 10.8. The smallest absolute Gasteiger partial charge is 0.180 e. The molecule has 6 nitrogen and oxygen atoms in total. The van der Waals surface area contributed by atoms with Gasteiger partial charge in [0, 0.05) is 18.1 Å². The number of hydrogen-bond acceptors (Lipinski definition) is 5. The van der Waals surface area contributed by atoms with Crippen molar-refractivity contribution in [3.63, 3.8) is 0 Å². The van der Waals surface area contributed by atoms with Crippen molar-refractivity contribution < 1.29 is 0 Å². The average molecular weight is 282 g/mol. The standard InChI is InChI=1S/C15H18N6/c1-2-5-11-6-3-4-7-12(11)18-14-15-17-8-9-21(15)10-13(19-14)20-16/h3-4,6-10,20H,2,5,16H2,1H3,(H,18,19). The maximum atomic E-state index is 5.48. The molecular weight excluding hydrogens is 264 g/mol. The number of fused-ring (bicyclic) bond motifs is 1. The highest BCUT2D eigenvalue weighted by molar-refractivity contribution is 5.73. The van der Waals surface area contributed by atoms with Crippen molar-refractivity contribution in [2.45, 2.75) is 19.8 Å². The number of nitrogens with one attached hydrogen (secondary N) is 2. The van der Waals surface area contributed by atoms with Gasteiger partial charge in [0.1, 0.15) is 0 Å². The first-order valence-electron chi connectivity index (χ1n) is 6.97. The molecule has 0 aliphatic heterocycles. The zero-order valence-corrected chi connectivity index (χ0v) is 11.9. The topological polar surface area (TPSA) is 80.3 Å². The molecule has 0 atom stereocenters. The van der Waals surface area contributed by atoms with Crippen molar-refractivity contribution in [3.05, 3.63) is 48.4 Å². The van der Waals surface area contributed by atoms with Gasteiger partial charge in [0.05, 0.1) is 6.20 Å². The van der Waals surface area contributed by atoms with Crippen LogP contribution in [0.2, 0.25) is 0 Å². The average Bonchev–Trinajstić information content (AvgIpc) is 2.98.